The average molecular weight is 337 g/mol. The Kier molecular flexibility index (Phi) is 3.74. The maximum Gasteiger partial charge on any atom is 0.263 e. The molecule has 2 heterocycles. The highest BCUT2D eigenvalue weighted by atomic mass is 32.2. The van der Waals surface area contributed by atoms with Gasteiger partial charge in [0.15, 0.2) is 17.5 Å². The van der Waals surface area contributed by atoms with E-state index >= 15 is 0 Å². The van der Waals surface area contributed by atoms with Crippen LogP contribution in [0.2, 0.25) is 0 Å². The molecule has 0 aliphatic carbocycles. The Morgan fingerprint density at radius 1 is 1.09 bits per heavy atom. The number of rotatable bonds is 4. The first-order valence-electron chi connectivity index (χ1n) is 6.26. The predicted molar refractivity (Wildman–Crippen MR) is 76.3 cm³/mol. The third-order valence-corrected chi connectivity index (χ3v) is 4.18. The van der Waals surface area contributed by atoms with E-state index < -0.39 is 26.6 Å². The first kappa shape index (κ1) is 15.0. The lowest BCUT2D eigenvalue weighted by molar-refractivity contribution is 0.504. The van der Waals surface area contributed by atoms with Crippen LogP contribution in [0, 0.1) is 11.6 Å². The van der Waals surface area contributed by atoms with Crippen molar-refractivity contribution in [2.45, 2.75) is 4.90 Å². The fraction of sp³-hybridized carbons (Fsp3) is 0. The number of hydrogen-bond acceptors (Lipinski definition) is 5. The maximum absolute atomic E-state index is 13.2. The minimum Gasteiger partial charge on any atom is -0.263 e. The van der Waals surface area contributed by atoms with Crippen molar-refractivity contribution in [3.8, 4) is 5.82 Å². The van der Waals surface area contributed by atoms with Crippen molar-refractivity contribution >= 4 is 15.8 Å². The number of sulfonamides is 1. The summed E-state index contributed by atoms with van der Waals surface area (Å²) in [5, 5.41) is 3.96. The Bertz CT molecular complexity index is 945. The first-order valence-corrected chi connectivity index (χ1v) is 7.74. The van der Waals surface area contributed by atoms with Gasteiger partial charge in [0.25, 0.3) is 10.0 Å². The average Bonchev–Trinajstić information content (AvgIpc) is 3.04. The minimum atomic E-state index is -4.11. The largest absolute Gasteiger partial charge is 0.263 e. The summed E-state index contributed by atoms with van der Waals surface area (Å²) in [6, 6.07) is 5.31. The van der Waals surface area contributed by atoms with Crippen molar-refractivity contribution in [2.75, 3.05) is 4.72 Å². The van der Waals surface area contributed by atoms with E-state index in [9.17, 15) is 17.2 Å². The van der Waals surface area contributed by atoms with Crippen molar-refractivity contribution < 1.29 is 17.2 Å². The van der Waals surface area contributed by atoms with E-state index in [0.29, 0.717) is 11.9 Å². The standard InChI is InChI=1S/C13H9F2N5O2S/c14-10-3-2-9(6-11(10)15)23(21,22)19-12-7-13(17-8-16-12)20-5-1-4-18-20/h1-8H,(H,16,17,19). The normalized spacial score (nSPS) is 11.4. The first-order chi connectivity index (χ1) is 11.0. The number of nitrogens with zero attached hydrogens (tertiary/aromatic N) is 4. The van der Waals surface area contributed by atoms with E-state index in [1.165, 1.54) is 16.9 Å². The van der Waals surface area contributed by atoms with Crippen molar-refractivity contribution in [3.05, 3.63) is 60.7 Å². The zero-order chi connectivity index (χ0) is 16.4. The summed E-state index contributed by atoms with van der Waals surface area (Å²) in [4.78, 5) is 7.32. The molecule has 3 rings (SSSR count). The van der Waals surface area contributed by atoms with Crippen molar-refractivity contribution in [1.29, 1.82) is 0 Å². The molecule has 0 radical (unpaired) electrons. The van der Waals surface area contributed by atoms with Gasteiger partial charge in [-0.1, -0.05) is 0 Å². The molecule has 0 bridgehead atoms. The molecule has 1 N–H and O–H groups in total. The van der Waals surface area contributed by atoms with Gasteiger partial charge in [-0.2, -0.15) is 5.10 Å². The number of anilines is 1. The number of aromatic nitrogens is 4. The molecule has 10 heteroatoms. The molecule has 0 spiro atoms. The van der Waals surface area contributed by atoms with Crippen LogP contribution in [0.1, 0.15) is 0 Å². The van der Waals surface area contributed by atoms with Crippen LogP contribution in [0.15, 0.2) is 53.9 Å². The highest BCUT2D eigenvalue weighted by molar-refractivity contribution is 7.92. The molecule has 0 aliphatic heterocycles. The van der Waals surface area contributed by atoms with Crippen LogP contribution in [0.3, 0.4) is 0 Å². The molecular formula is C13H9F2N5O2S. The molecule has 1 aromatic carbocycles. The molecule has 118 valence electrons. The third kappa shape index (κ3) is 3.16. The molecule has 0 atom stereocenters. The molecule has 0 saturated carbocycles. The number of halogens is 2. The lowest BCUT2D eigenvalue weighted by atomic mass is 10.3. The summed E-state index contributed by atoms with van der Waals surface area (Å²) in [6.45, 7) is 0. The highest BCUT2D eigenvalue weighted by Crippen LogP contribution is 2.17. The Balaban J connectivity index is 1.91. The van der Waals surface area contributed by atoms with Gasteiger partial charge in [0.2, 0.25) is 0 Å². The van der Waals surface area contributed by atoms with Crippen molar-refractivity contribution in [3.63, 3.8) is 0 Å². The molecule has 7 nitrogen and oxygen atoms in total. The minimum absolute atomic E-state index is 0.0322. The lowest BCUT2D eigenvalue weighted by Crippen LogP contribution is -2.15. The molecular weight excluding hydrogens is 328 g/mol. The van der Waals surface area contributed by atoms with E-state index in [4.69, 9.17) is 0 Å². The SMILES string of the molecule is O=S(=O)(Nc1cc(-n2cccn2)ncn1)c1ccc(F)c(F)c1. The van der Waals surface area contributed by atoms with Crippen LogP contribution in [0.4, 0.5) is 14.6 Å². The van der Waals surface area contributed by atoms with E-state index in [-0.39, 0.29) is 5.82 Å². The monoisotopic (exact) mass is 337 g/mol. The van der Waals surface area contributed by atoms with Gasteiger partial charge in [-0.05, 0) is 24.3 Å². The highest BCUT2D eigenvalue weighted by Gasteiger charge is 2.17. The van der Waals surface area contributed by atoms with Gasteiger partial charge in [-0.25, -0.2) is 31.8 Å². The van der Waals surface area contributed by atoms with E-state index in [0.717, 1.165) is 18.5 Å². The zero-order valence-corrected chi connectivity index (χ0v) is 12.2. The predicted octanol–water partition coefficient (Wildman–Crippen LogP) is 1.74. The van der Waals surface area contributed by atoms with Gasteiger partial charge >= 0.3 is 0 Å². The summed E-state index contributed by atoms with van der Waals surface area (Å²) in [5.74, 6) is -2.08. The molecule has 0 aliphatic rings. The van der Waals surface area contributed by atoms with Crippen molar-refractivity contribution in [2.24, 2.45) is 0 Å². The Hall–Kier alpha value is -2.88. The van der Waals surface area contributed by atoms with E-state index in [2.05, 4.69) is 19.8 Å². The van der Waals surface area contributed by atoms with Crippen LogP contribution < -0.4 is 4.72 Å². The van der Waals surface area contributed by atoms with Crippen LogP contribution in [-0.2, 0) is 10.0 Å². The second kappa shape index (κ2) is 5.72. The fourth-order valence-electron chi connectivity index (χ4n) is 1.77. The topological polar surface area (TPSA) is 89.8 Å². The van der Waals surface area contributed by atoms with Crippen LogP contribution in [-0.4, -0.2) is 28.2 Å². The van der Waals surface area contributed by atoms with Crippen molar-refractivity contribution in [1.82, 2.24) is 19.7 Å². The Morgan fingerprint density at radius 2 is 1.91 bits per heavy atom. The van der Waals surface area contributed by atoms with Crippen LogP contribution >= 0.6 is 0 Å². The summed E-state index contributed by atoms with van der Waals surface area (Å²) in [7, 11) is -4.11. The fourth-order valence-corrected chi connectivity index (χ4v) is 2.78. The smallest absolute Gasteiger partial charge is 0.263 e. The summed E-state index contributed by atoms with van der Waals surface area (Å²) in [5.41, 5.74) is 0. The molecule has 2 aromatic heterocycles. The number of hydrogen-bond donors (Lipinski definition) is 1. The zero-order valence-electron chi connectivity index (χ0n) is 11.4. The van der Waals surface area contributed by atoms with Gasteiger partial charge in [0, 0.05) is 18.5 Å². The summed E-state index contributed by atoms with van der Waals surface area (Å²) in [6.07, 6.45) is 4.31. The third-order valence-electron chi connectivity index (χ3n) is 2.83. The second-order valence-corrected chi connectivity index (χ2v) is 6.08. The summed E-state index contributed by atoms with van der Waals surface area (Å²) < 4.78 is 54.0. The van der Waals surface area contributed by atoms with Gasteiger partial charge in [0.1, 0.15) is 12.1 Å². The van der Waals surface area contributed by atoms with E-state index in [1.807, 2.05) is 0 Å². The number of benzene rings is 1. The quantitative estimate of drug-likeness (QED) is 0.783. The van der Waals surface area contributed by atoms with Crippen LogP contribution in [0.5, 0.6) is 0 Å². The molecule has 23 heavy (non-hydrogen) atoms. The Morgan fingerprint density at radius 3 is 2.61 bits per heavy atom. The molecule has 0 saturated heterocycles. The molecule has 0 fully saturated rings. The lowest BCUT2D eigenvalue weighted by Gasteiger charge is -2.08. The van der Waals surface area contributed by atoms with Crippen LogP contribution in [0.25, 0.3) is 5.82 Å². The molecule has 0 unspecified atom stereocenters. The van der Waals surface area contributed by atoms with E-state index in [1.54, 1.807) is 12.3 Å². The van der Waals surface area contributed by atoms with Gasteiger partial charge in [-0.3, -0.25) is 4.72 Å². The van der Waals surface area contributed by atoms with Gasteiger partial charge in [0.05, 0.1) is 4.90 Å². The maximum atomic E-state index is 13.2. The molecule has 0 amide bonds. The second-order valence-electron chi connectivity index (χ2n) is 4.39. The Labute approximate surface area is 129 Å². The molecule has 3 aromatic rings. The van der Waals surface area contributed by atoms with Gasteiger partial charge in [-0.15, -0.1) is 0 Å². The number of nitrogens with one attached hydrogen (secondary N) is 1. The summed E-state index contributed by atoms with van der Waals surface area (Å²) >= 11 is 0. The van der Waals surface area contributed by atoms with Gasteiger partial charge < -0.3 is 0 Å².